The van der Waals surface area contributed by atoms with Crippen molar-refractivity contribution in [3.8, 4) is 5.75 Å². The quantitative estimate of drug-likeness (QED) is 0.510. The van der Waals surface area contributed by atoms with E-state index in [9.17, 15) is 22.4 Å². The van der Waals surface area contributed by atoms with Crippen LogP contribution >= 0.6 is 11.6 Å². The number of carboxylic acid groups (broad SMARTS) is 1. The molecular formula is C23H25ClFN3O7S. The van der Waals surface area contributed by atoms with Gasteiger partial charge in [-0.2, -0.15) is 0 Å². The highest BCUT2D eigenvalue weighted by Crippen LogP contribution is 2.39. The molecule has 0 spiro atoms. The van der Waals surface area contributed by atoms with Gasteiger partial charge in [0.2, 0.25) is 5.91 Å². The Hall–Kier alpha value is -3.09. The average molecular weight is 542 g/mol. The zero-order valence-electron chi connectivity index (χ0n) is 19.3. The lowest BCUT2D eigenvalue weighted by Gasteiger charge is -2.37. The second-order valence-electron chi connectivity index (χ2n) is 8.85. The molecule has 2 aliphatic rings. The predicted octanol–water partition coefficient (Wildman–Crippen LogP) is 3.46. The van der Waals surface area contributed by atoms with Crippen LogP contribution in [0.15, 0.2) is 41.3 Å². The van der Waals surface area contributed by atoms with Crippen molar-refractivity contribution in [1.29, 1.82) is 0 Å². The third kappa shape index (κ3) is 5.35. The van der Waals surface area contributed by atoms with Gasteiger partial charge in [-0.3, -0.25) is 14.4 Å². The Morgan fingerprint density at radius 3 is 2.61 bits per heavy atom. The van der Waals surface area contributed by atoms with Gasteiger partial charge in [0.15, 0.2) is 0 Å². The number of ether oxygens (including phenoxy) is 2. The van der Waals surface area contributed by atoms with Crippen molar-refractivity contribution in [1.82, 2.24) is 5.32 Å². The lowest BCUT2D eigenvalue weighted by molar-refractivity contribution is -0.135. The number of halogens is 2. The van der Waals surface area contributed by atoms with Crippen LogP contribution in [0.3, 0.4) is 0 Å². The van der Waals surface area contributed by atoms with Crippen LogP contribution in [0.5, 0.6) is 5.75 Å². The Labute approximate surface area is 212 Å². The number of hydrogen-bond donors (Lipinski definition) is 3. The number of hydrogen-bond acceptors (Lipinski definition) is 6. The second kappa shape index (κ2) is 10.1. The van der Waals surface area contributed by atoms with E-state index in [0.717, 1.165) is 22.5 Å². The average Bonchev–Trinajstić information content (AvgIpc) is 2.83. The third-order valence-corrected chi connectivity index (χ3v) is 8.32. The fraction of sp³-hybridized carbons (Fsp3) is 0.391. The van der Waals surface area contributed by atoms with E-state index in [0.29, 0.717) is 26.1 Å². The monoisotopic (exact) mass is 541 g/mol. The van der Waals surface area contributed by atoms with Gasteiger partial charge in [0.25, 0.3) is 10.0 Å². The van der Waals surface area contributed by atoms with Crippen LogP contribution in [0, 0.1) is 11.2 Å². The molecule has 0 bridgehead atoms. The van der Waals surface area contributed by atoms with Crippen LogP contribution in [-0.2, 0) is 19.6 Å². The van der Waals surface area contributed by atoms with E-state index in [4.69, 9.17) is 26.2 Å². The lowest BCUT2D eigenvalue weighted by Crippen LogP contribution is -2.51. The maximum Gasteiger partial charge on any atom is 0.409 e. The minimum Gasteiger partial charge on any atom is -0.484 e. The van der Waals surface area contributed by atoms with Crippen molar-refractivity contribution in [3.05, 3.63) is 47.2 Å². The van der Waals surface area contributed by atoms with Crippen molar-refractivity contribution in [2.24, 2.45) is 5.41 Å². The highest BCUT2D eigenvalue weighted by atomic mass is 35.5. The normalized spacial score (nSPS) is 19.1. The van der Waals surface area contributed by atoms with Crippen LogP contribution < -0.4 is 19.7 Å². The molecule has 1 unspecified atom stereocenters. The van der Waals surface area contributed by atoms with E-state index >= 15 is 0 Å². The van der Waals surface area contributed by atoms with E-state index in [-0.39, 0.29) is 46.0 Å². The topological polar surface area (TPSA) is 134 Å². The zero-order valence-corrected chi connectivity index (χ0v) is 20.9. The van der Waals surface area contributed by atoms with Gasteiger partial charge < -0.3 is 19.9 Å². The number of carbonyl (C=O) groups excluding carboxylic acids is 1. The molecular weight excluding hydrogens is 517 g/mol. The van der Waals surface area contributed by atoms with Gasteiger partial charge in [0, 0.05) is 18.9 Å². The molecule has 13 heteroatoms. The summed E-state index contributed by atoms with van der Waals surface area (Å²) >= 11 is 5.83. The second-order valence-corrected chi connectivity index (χ2v) is 11.1. The predicted molar refractivity (Wildman–Crippen MR) is 130 cm³/mol. The van der Waals surface area contributed by atoms with Gasteiger partial charge in [-0.1, -0.05) is 18.5 Å². The molecule has 10 nitrogen and oxygen atoms in total. The first-order chi connectivity index (χ1) is 17.0. The zero-order chi connectivity index (χ0) is 26.1. The van der Waals surface area contributed by atoms with Crippen LogP contribution in [0.4, 0.5) is 20.6 Å². The number of nitrogens with one attached hydrogen (secondary N) is 2. The maximum absolute atomic E-state index is 13.7. The Kier molecular flexibility index (Phi) is 7.30. The Morgan fingerprint density at radius 1 is 1.22 bits per heavy atom. The molecule has 0 aliphatic carbocycles. The molecule has 2 heterocycles. The first-order valence-corrected chi connectivity index (χ1v) is 13.0. The van der Waals surface area contributed by atoms with Gasteiger partial charge in [0.05, 0.1) is 34.1 Å². The lowest BCUT2D eigenvalue weighted by atomic mass is 9.81. The van der Waals surface area contributed by atoms with E-state index in [1.807, 2.05) is 6.92 Å². The highest BCUT2D eigenvalue weighted by Gasteiger charge is 2.38. The van der Waals surface area contributed by atoms with E-state index in [1.165, 1.54) is 18.2 Å². The summed E-state index contributed by atoms with van der Waals surface area (Å²) < 4.78 is 53.2. The fourth-order valence-electron chi connectivity index (χ4n) is 4.08. The molecule has 36 heavy (non-hydrogen) atoms. The Balaban J connectivity index is 1.63. The van der Waals surface area contributed by atoms with Crippen LogP contribution in [0.1, 0.15) is 19.8 Å². The number of nitrogens with zero attached hydrogens (tertiary/aromatic N) is 1. The summed E-state index contributed by atoms with van der Waals surface area (Å²) in [6, 6.07) is 7.23. The first-order valence-electron chi connectivity index (χ1n) is 11.1. The SMILES string of the molecule is CC1(C(=O)NCC2CN(S(=O)(=O)c3ccc(F)c(Cl)c3)c3cc(NC(=O)O)ccc3O2)CCOCC1. The van der Waals surface area contributed by atoms with Gasteiger partial charge in [-0.25, -0.2) is 17.6 Å². The number of sulfonamides is 1. The molecule has 4 rings (SSSR count). The number of rotatable bonds is 6. The molecule has 0 aromatic heterocycles. The molecule has 1 atom stereocenters. The number of amides is 2. The molecule has 1 fully saturated rings. The smallest absolute Gasteiger partial charge is 0.409 e. The number of anilines is 2. The van der Waals surface area contributed by atoms with Gasteiger partial charge >= 0.3 is 6.09 Å². The summed E-state index contributed by atoms with van der Waals surface area (Å²) in [7, 11) is -4.27. The minimum atomic E-state index is -4.27. The van der Waals surface area contributed by atoms with Crippen molar-refractivity contribution >= 4 is 45.0 Å². The van der Waals surface area contributed by atoms with Gasteiger partial charge in [-0.15, -0.1) is 0 Å². The standard InChI is InChI=1S/C23H25ClFN3O7S/c1-23(6-8-34-9-7-23)21(29)26-12-15-13-28(36(32,33)16-3-4-18(25)17(24)11-16)19-10-14(27-22(30)31)2-5-20(19)35-15/h2-5,10-11,15,27H,6-9,12-13H2,1H3,(H,26,29)(H,30,31). The molecule has 2 aliphatic heterocycles. The van der Waals surface area contributed by atoms with Crippen molar-refractivity contribution in [3.63, 3.8) is 0 Å². The summed E-state index contributed by atoms with van der Waals surface area (Å²) in [5.74, 6) is -0.778. The molecule has 0 radical (unpaired) electrons. The molecule has 2 aromatic rings. The minimum absolute atomic E-state index is 0.0278. The summed E-state index contributed by atoms with van der Waals surface area (Å²) in [6.07, 6.45) is -0.945. The third-order valence-electron chi connectivity index (χ3n) is 6.26. The Bertz CT molecular complexity index is 1280. The highest BCUT2D eigenvalue weighted by molar-refractivity contribution is 7.92. The molecule has 0 saturated carbocycles. The maximum atomic E-state index is 13.7. The van der Waals surface area contributed by atoms with Crippen LogP contribution in [0.2, 0.25) is 5.02 Å². The summed E-state index contributed by atoms with van der Waals surface area (Å²) in [6.45, 7) is 2.65. The number of carbonyl (C=O) groups is 2. The van der Waals surface area contributed by atoms with Crippen molar-refractivity contribution in [2.75, 3.05) is 35.9 Å². The van der Waals surface area contributed by atoms with Crippen LogP contribution in [-0.4, -0.2) is 57.9 Å². The summed E-state index contributed by atoms with van der Waals surface area (Å²) in [5.41, 5.74) is -0.388. The number of fused-ring (bicyclic) bond motifs is 1. The van der Waals surface area contributed by atoms with Gasteiger partial charge in [-0.05, 0) is 49.2 Å². The first kappa shape index (κ1) is 26.0. The van der Waals surface area contributed by atoms with Gasteiger partial charge in [0.1, 0.15) is 17.7 Å². The van der Waals surface area contributed by atoms with E-state index in [1.54, 1.807) is 0 Å². The fourth-order valence-corrected chi connectivity index (χ4v) is 5.85. The molecule has 2 aromatic carbocycles. The van der Waals surface area contributed by atoms with Crippen molar-refractivity contribution in [2.45, 2.75) is 30.8 Å². The van der Waals surface area contributed by atoms with E-state index < -0.39 is 33.5 Å². The summed E-state index contributed by atoms with van der Waals surface area (Å²) in [5, 5.41) is 13.7. The van der Waals surface area contributed by atoms with Crippen molar-refractivity contribution < 1.29 is 37.0 Å². The molecule has 194 valence electrons. The van der Waals surface area contributed by atoms with E-state index in [2.05, 4.69) is 10.6 Å². The molecule has 1 saturated heterocycles. The molecule has 3 N–H and O–H groups in total. The van der Waals surface area contributed by atoms with Crippen LogP contribution in [0.25, 0.3) is 0 Å². The molecule has 2 amide bonds. The number of benzene rings is 2. The Morgan fingerprint density at radius 2 is 1.94 bits per heavy atom. The largest absolute Gasteiger partial charge is 0.484 e. The summed E-state index contributed by atoms with van der Waals surface area (Å²) in [4.78, 5) is 23.7.